The molecule has 2 aliphatic carbocycles. The van der Waals surface area contributed by atoms with Crippen molar-refractivity contribution in [2.24, 2.45) is 0 Å². The molecule has 0 radical (unpaired) electrons. The molecule has 1 atom stereocenters. The molecule has 0 aromatic carbocycles. The molecule has 0 unspecified atom stereocenters. The van der Waals surface area contributed by atoms with Crippen LogP contribution in [-0.2, 0) is 11.2 Å². The van der Waals surface area contributed by atoms with Crippen molar-refractivity contribution in [1.82, 2.24) is 15.3 Å². The normalized spacial score (nSPS) is 23.9. The summed E-state index contributed by atoms with van der Waals surface area (Å²) < 4.78 is 11.8. The zero-order valence-electron chi connectivity index (χ0n) is 18.6. The third-order valence-corrected chi connectivity index (χ3v) is 7.26. The zero-order chi connectivity index (χ0) is 22.0. The van der Waals surface area contributed by atoms with E-state index in [0.29, 0.717) is 11.8 Å². The maximum Gasteiger partial charge on any atom is 0.407 e. The van der Waals surface area contributed by atoms with Gasteiger partial charge in [0, 0.05) is 17.5 Å². The summed E-state index contributed by atoms with van der Waals surface area (Å²) in [6, 6.07) is 0.114. The minimum atomic E-state index is -0.490. The molecule has 2 aliphatic rings. The number of amides is 1. The topological polar surface area (TPSA) is 93.6 Å². The van der Waals surface area contributed by atoms with Gasteiger partial charge >= 0.3 is 6.09 Å². The monoisotopic (exact) mass is 447 g/mol. The predicted octanol–water partition coefficient (Wildman–Crippen LogP) is 4.71. The number of aliphatic hydroxyl groups is 1. The van der Waals surface area contributed by atoms with E-state index in [1.165, 1.54) is 10.4 Å². The Morgan fingerprint density at radius 2 is 2.00 bits per heavy atom. The van der Waals surface area contributed by atoms with Gasteiger partial charge in [-0.25, -0.2) is 14.8 Å². The van der Waals surface area contributed by atoms with E-state index in [4.69, 9.17) is 9.47 Å². The number of hydrogen-bond acceptors (Lipinski definition) is 7. The number of aliphatic hydroxyl groups excluding tert-OH is 1. The zero-order valence-corrected chi connectivity index (χ0v) is 19.5. The van der Waals surface area contributed by atoms with Crippen LogP contribution in [-0.4, -0.2) is 45.5 Å². The first kappa shape index (κ1) is 22.3. The summed E-state index contributed by atoms with van der Waals surface area (Å²) in [6.07, 6.45) is 8.83. The summed E-state index contributed by atoms with van der Waals surface area (Å²) in [7, 11) is 0. The van der Waals surface area contributed by atoms with Gasteiger partial charge in [-0.2, -0.15) is 0 Å². The third-order valence-electron chi connectivity index (χ3n) is 6.08. The molecule has 2 N–H and O–H groups in total. The van der Waals surface area contributed by atoms with E-state index in [-0.39, 0.29) is 24.8 Å². The molecule has 2 aromatic rings. The van der Waals surface area contributed by atoms with Gasteiger partial charge in [-0.3, -0.25) is 0 Å². The van der Waals surface area contributed by atoms with E-state index >= 15 is 0 Å². The lowest BCUT2D eigenvalue weighted by Gasteiger charge is -2.30. The molecular weight excluding hydrogens is 414 g/mol. The van der Waals surface area contributed by atoms with Crippen molar-refractivity contribution < 1.29 is 19.4 Å². The number of fused-ring (bicyclic) bond motifs is 3. The Hall–Kier alpha value is -1.93. The molecule has 0 saturated heterocycles. The number of aromatic nitrogens is 2. The number of aryl methyl sites for hydroxylation is 1. The number of nitrogens with one attached hydrogen (secondary N) is 1. The molecule has 0 bridgehead atoms. The highest BCUT2D eigenvalue weighted by Gasteiger charge is 2.30. The van der Waals surface area contributed by atoms with Gasteiger partial charge in [0.2, 0.25) is 5.88 Å². The standard InChI is InChI=1S/C23H33N3O4S/c1-23(2,3)30-22(28)26-15-7-9-16(10-8-15)29-20-19-18-14(11-12-27)5-4-6-17(18)31-21(19)25-13-24-20/h13-16,27H,4-12H2,1-3H3,(H,26,28)/t14-,15-,16-/m0/s1. The van der Waals surface area contributed by atoms with E-state index in [1.54, 1.807) is 17.7 Å². The molecule has 1 amide bonds. The van der Waals surface area contributed by atoms with Crippen molar-refractivity contribution in [2.45, 2.75) is 95.8 Å². The van der Waals surface area contributed by atoms with Gasteiger partial charge < -0.3 is 19.9 Å². The maximum absolute atomic E-state index is 12.0. The van der Waals surface area contributed by atoms with Gasteiger partial charge in [0.15, 0.2) is 0 Å². The van der Waals surface area contributed by atoms with Crippen LogP contribution in [0.25, 0.3) is 10.2 Å². The van der Waals surface area contributed by atoms with E-state index in [9.17, 15) is 9.90 Å². The van der Waals surface area contributed by atoms with E-state index in [0.717, 1.165) is 61.6 Å². The van der Waals surface area contributed by atoms with E-state index < -0.39 is 5.60 Å². The molecule has 8 heteroatoms. The Kier molecular flexibility index (Phi) is 6.67. The minimum absolute atomic E-state index is 0.0743. The van der Waals surface area contributed by atoms with Crippen LogP contribution in [0.4, 0.5) is 4.79 Å². The molecule has 1 saturated carbocycles. The highest BCUT2D eigenvalue weighted by molar-refractivity contribution is 7.18. The first-order valence-electron chi connectivity index (χ1n) is 11.4. The van der Waals surface area contributed by atoms with Crippen molar-refractivity contribution in [3.63, 3.8) is 0 Å². The number of alkyl carbamates (subject to hydrolysis) is 1. The number of nitrogens with zero attached hydrogens (tertiary/aromatic N) is 2. The average Bonchev–Trinajstić information content (AvgIpc) is 3.09. The van der Waals surface area contributed by atoms with Gasteiger partial charge in [-0.15, -0.1) is 11.3 Å². The molecule has 31 heavy (non-hydrogen) atoms. The highest BCUT2D eigenvalue weighted by Crippen LogP contribution is 2.45. The maximum atomic E-state index is 12.0. The van der Waals surface area contributed by atoms with Crippen LogP contribution in [0.5, 0.6) is 5.88 Å². The van der Waals surface area contributed by atoms with Crippen molar-refractivity contribution in [1.29, 1.82) is 0 Å². The second-order valence-corrected chi connectivity index (χ2v) is 10.7. The summed E-state index contributed by atoms with van der Waals surface area (Å²) in [6.45, 7) is 5.80. The van der Waals surface area contributed by atoms with Crippen molar-refractivity contribution in [3.05, 3.63) is 16.8 Å². The van der Waals surface area contributed by atoms with Gasteiger partial charge in [-0.1, -0.05) is 0 Å². The first-order chi connectivity index (χ1) is 14.8. The third kappa shape index (κ3) is 5.29. The number of carbonyl (C=O) groups excluding carboxylic acids is 1. The van der Waals surface area contributed by atoms with Crippen molar-refractivity contribution in [2.75, 3.05) is 6.61 Å². The molecule has 1 fully saturated rings. The van der Waals surface area contributed by atoms with Crippen molar-refractivity contribution in [3.8, 4) is 5.88 Å². The van der Waals surface area contributed by atoms with Crippen molar-refractivity contribution >= 4 is 27.6 Å². The lowest BCUT2D eigenvalue weighted by Crippen LogP contribution is -2.42. The van der Waals surface area contributed by atoms with Crippen LogP contribution in [0.15, 0.2) is 6.33 Å². The Labute approximate surface area is 187 Å². The molecule has 7 nitrogen and oxygen atoms in total. The second kappa shape index (κ2) is 9.28. The first-order valence-corrected chi connectivity index (χ1v) is 12.2. The molecule has 170 valence electrons. The van der Waals surface area contributed by atoms with Crippen LogP contribution < -0.4 is 10.1 Å². The number of thiophene rings is 1. The smallest absolute Gasteiger partial charge is 0.407 e. The van der Waals surface area contributed by atoms with Crippen LogP contribution in [0, 0.1) is 0 Å². The Morgan fingerprint density at radius 3 is 2.71 bits per heavy atom. The number of hydrogen-bond donors (Lipinski definition) is 2. The van der Waals surface area contributed by atoms with Crippen LogP contribution >= 0.6 is 11.3 Å². The summed E-state index contributed by atoms with van der Waals surface area (Å²) in [5.74, 6) is 1.03. The van der Waals surface area contributed by atoms with Gasteiger partial charge in [0.05, 0.1) is 5.39 Å². The fourth-order valence-electron chi connectivity index (χ4n) is 4.74. The number of carbonyl (C=O) groups is 1. The van der Waals surface area contributed by atoms with E-state index in [2.05, 4.69) is 15.3 Å². The fourth-order valence-corrected chi connectivity index (χ4v) is 5.99. The summed E-state index contributed by atoms with van der Waals surface area (Å²) >= 11 is 1.74. The number of rotatable bonds is 5. The average molecular weight is 448 g/mol. The van der Waals surface area contributed by atoms with Crippen LogP contribution in [0.3, 0.4) is 0 Å². The summed E-state index contributed by atoms with van der Waals surface area (Å²) in [4.78, 5) is 23.4. The minimum Gasteiger partial charge on any atom is -0.474 e. The summed E-state index contributed by atoms with van der Waals surface area (Å²) in [5.41, 5.74) is 0.812. The lowest BCUT2D eigenvalue weighted by molar-refractivity contribution is 0.0470. The van der Waals surface area contributed by atoms with Crippen LogP contribution in [0.1, 0.15) is 82.1 Å². The summed E-state index contributed by atoms with van der Waals surface area (Å²) in [5, 5.41) is 13.6. The molecule has 2 heterocycles. The molecule has 2 aromatic heterocycles. The Morgan fingerprint density at radius 1 is 1.23 bits per heavy atom. The van der Waals surface area contributed by atoms with Gasteiger partial charge in [0.25, 0.3) is 0 Å². The largest absolute Gasteiger partial charge is 0.474 e. The SMILES string of the molecule is CC(C)(C)OC(=O)N[C@H]1CC[C@H](Oc2ncnc3sc4c(c23)[C@H](CCO)CCC4)CC1. The Balaban J connectivity index is 1.43. The molecule has 0 spiro atoms. The quantitative estimate of drug-likeness (QED) is 0.690. The molecule has 0 aliphatic heterocycles. The van der Waals surface area contributed by atoms with Gasteiger partial charge in [-0.05, 0) is 83.6 Å². The molecular formula is C23H33N3O4S. The highest BCUT2D eigenvalue weighted by atomic mass is 32.1. The van der Waals surface area contributed by atoms with E-state index in [1.807, 2.05) is 20.8 Å². The fraction of sp³-hybridized carbons (Fsp3) is 0.696. The predicted molar refractivity (Wildman–Crippen MR) is 121 cm³/mol. The Bertz CT molecular complexity index is 915. The lowest BCUT2D eigenvalue weighted by atomic mass is 9.84. The molecule has 4 rings (SSSR count). The number of ether oxygens (including phenoxy) is 2. The van der Waals surface area contributed by atoms with Gasteiger partial charge in [0.1, 0.15) is 22.9 Å². The van der Waals surface area contributed by atoms with Crippen LogP contribution in [0.2, 0.25) is 0 Å². The second-order valence-electron chi connectivity index (χ2n) is 9.64.